The summed E-state index contributed by atoms with van der Waals surface area (Å²) in [6, 6.07) is 4.20. The third-order valence-electron chi connectivity index (χ3n) is 2.33. The molecule has 1 saturated heterocycles. The molecule has 3 nitrogen and oxygen atoms in total. The standard InChI is InChI=1S/C11H9F2NO2/c12-8-2-1-7(3-4-14)10(13)9(8)11-15-5-6-16-11/h1-2,11H,3,5-6H2. The van der Waals surface area contributed by atoms with Gasteiger partial charge >= 0.3 is 0 Å². The maximum absolute atomic E-state index is 13.8. The van der Waals surface area contributed by atoms with Gasteiger partial charge in [-0.3, -0.25) is 0 Å². The fourth-order valence-electron chi connectivity index (χ4n) is 1.58. The molecule has 1 aliphatic rings. The Balaban J connectivity index is 2.42. The quantitative estimate of drug-likeness (QED) is 0.773. The molecule has 0 atom stereocenters. The molecule has 84 valence electrons. The summed E-state index contributed by atoms with van der Waals surface area (Å²) in [4.78, 5) is 0. The van der Waals surface area contributed by atoms with Crippen molar-refractivity contribution < 1.29 is 18.3 Å². The Morgan fingerprint density at radius 2 is 2.00 bits per heavy atom. The zero-order valence-corrected chi connectivity index (χ0v) is 8.37. The zero-order chi connectivity index (χ0) is 11.5. The monoisotopic (exact) mass is 225 g/mol. The van der Waals surface area contributed by atoms with Crippen molar-refractivity contribution in [2.45, 2.75) is 12.7 Å². The second-order valence-corrected chi connectivity index (χ2v) is 3.34. The first-order chi connectivity index (χ1) is 7.74. The Kier molecular flexibility index (Phi) is 3.13. The van der Waals surface area contributed by atoms with Crippen LogP contribution in [0.5, 0.6) is 0 Å². The predicted octanol–water partition coefficient (Wildman–Crippen LogP) is 2.08. The van der Waals surface area contributed by atoms with Crippen molar-refractivity contribution in [1.29, 1.82) is 5.26 Å². The number of halogens is 2. The van der Waals surface area contributed by atoms with Crippen LogP contribution in [0.3, 0.4) is 0 Å². The minimum absolute atomic E-state index is 0.105. The minimum atomic E-state index is -1.00. The van der Waals surface area contributed by atoms with Crippen molar-refractivity contribution in [3.05, 3.63) is 34.9 Å². The van der Waals surface area contributed by atoms with Crippen molar-refractivity contribution in [2.24, 2.45) is 0 Å². The first-order valence-corrected chi connectivity index (χ1v) is 4.81. The van der Waals surface area contributed by atoms with Gasteiger partial charge in [0.2, 0.25) is 0 Å². The molecule has 0 N–H and O–H groups in total. The third kappa shape index (κ3) is 1.90. The van der Waals surface area contributed by atoms with E-state index in [9.17, 15) is 8.78 Å². The summed E-state index contributed by atoms with van der Waals surface area (Å²) in [5.41, 5.74) is -0.0942. The number of hydrogen-bond acceptors (Lipinski definition) is 3. The summed E-state index contributed by atoms with van der Waals surface area (Å²) < 4.78 is 37.4. The second-order valence-electron chi connectivity index (χ2n) is 3.34. The number of ether oxygens (including phenoxy) is 2. The molecule has 0 bridgehead atoms. The lowest BCUT2D eigenvalue weighted by Crippen LogP contribution is -2.07. The summed E-state index contributed by atoms with van der Waals surface area (Å²) in [5, 5.41) is 8.50. The van der Waals surface area contributed by atoms with E-state index in [1.165, 1.54) is 6.07 Å². The smallest absolute Gasteiger partial charge is 0.189 e. The molecule has 0 spiro atoms. The molecule has 1 aromatic carbocycles. The molecule has 0 saturated carbocycles. The van der Waals surface area contributed by atoms with Gasteiger partial charge in [-0.2, -0.15) is 5.26 Å². The summed E-state index contributed by atoms with van der Waals surface area (Å²) in [6.07, 6.45) is -1.11. The van der Waals surface area contributed by atoms with E-state index in [0.29, 0.717) is 13.2 Å². The van der Waals surface area contributed by atoms with Crippen molar-refractivity contribution in [3.8, 4) is 6.07 Å². The number of benzene rings is 1. The van der Waals surface area contributed by atoms with Crippen molar-refractivity contribution in [2.75, 3.05) is 13.2 Å². The van der Waals surface area contributed by atoms with Crippen LogP contribution in [-0.4, -0.2) is 13.2 Å². The molecular formula is C11H9F2NO2. The molecule has 1 aromatic rings. The summed E-state index contributed by atoms with van der Waals surface area (Å²) >= 11 is 0. The highest BCUT2D eigenvalue weighted by Crippen LogP contribution is 2.29. The third-order valence-corrected chi connectivity index (χ3v) is 2.33. The van der Waals surface area contributed by atoms with Gasteiger partial charge in [-0.05, 0) is 6.07 Å². The maximum Gasteiger partial charge on any atom is 0.189 e. The maximum atomic E-state index is 13.8. The van der Waals surface area contributed by atoms with Crippen LogP contribution >= 0.6 is 0 Å². The van der Waals surface area contributed by atoms with Gasteiger partial charge in [-0.15, -0.1) is 0 Å². The highest BCUT2D eigenvalue weighted by atomic mass is 19.1. The van der Waals surface area contributed by atoms with Gasteiger partial charge in [-0.1, -0.05) is 6.07 Å². The first kappa shape index (κ1) is 11.0. The molecule has 5 heteroatoms. The van der Waals surface area contributed by atoms with Gasteiger partial charge in [0.1, 0.15) is 11.6 Å². The van der Waals surface area contributed by atoms with Gasteiger partial charge in [0.25, 0.3) is 0 Å². The van der Waals surface area contributed by atoms with E-state index in [1.807, 2.05) is 6.07 Å². The van der Waals surface area contributed by atoms with Crippen LogP contribution in [0.4, 0.5) is 8.78 Å². The molecule has 16 heavy (non-hydrogen) atoms. The van der Waals surface area contributed by atoms with E-state index >= 15 is 0 Å². The van der Waals surface area contributed by atoms with Gasteiger partial charge in [-0.25, -0.2) is 8.78 Å². The van der Waals surface area contributed by atoms with E-state index in [4.69, 9.17) is 14.7 Å². The molecule has 0 aliphatic carbocycles. The Hall–Kier alpha value is -1.51. The van der Waals surface area contributed by atoms with E-state index in [0.717, 1.165) is 6.07 Å². The fraction of sp³-hybridized carbons (Fsp3) is 0.364. The Labute approximate surface area is 91.2 Å². The normalized spacial score (nSPS) is 16.3. The molecule has 0 unspecified atom stereocenters. The summed E-state index contributed by atoms with van der Waals surface area (Å²) in [7, 11) is 0. The zero-order valence-electron chi connectivity index (χ0n) is 8.37. The first-order valence-electron chi connectivity index (χ1n) is 4.81. The molecule has 0 radical (unpaired) electrons. The molecule has 0 aromatic heterocycles. The average molecular weight is 225 g/mol. The van der Waals surface area contributed by atoms with Crippen LogP contribution in [0.1, 0.15) is 17.4 Å². The Morgan fingerprint density at radius 3 is 2.62 bits per heavy atom. The Bertz CT molecular complexity index is 436. The number of rotatable bonds is 2. The lowest BCUT2D eigenvalue weighted by atomic mass is 10.1. The predicted molar refractivity (Wildman–Crippen MR) is 50.3 cm³/mol. The van der Waals surface area contributed by atoms with E-state index in [-0.39, 0.29) is 17.5 Å². The highest BCUT2D eigenvalue weighted by Gasteiger charge is 2.26. The fourth-order valence-corrected chi connectivity index (χ4v) is 1.58. The number of nitriles is 1. The van der Waals surface area contributed by atoms with Crippen LogP contribution in [0.2, 0.25) is 0 Å². The SMILES string of the molecule is N#CCc1ccc(F)c(C2OCCO2)c1F. The minimum Gasteiger partial charge on any atom is -0.346 e. The lowest BCUT2D eigenvalue weighted by molar-refractivity contribution is -0.0490. The Morgan fingerprint density at radius 1 is 1.31 bits per heavy atom. The molecular weight excluding hydrogens is 216 g/mol. The molecule has 1 fully saturated rings. The number of nitrogens with zero attached hydrogens (tertiary/aromatic N) is 1. The van der Waals surface area contributed by atoms with Crippen LogP contribution in [-0.2, 0) is 15.9 Å². The largest absolute Gasteiger partial charge is 0.346 e. The van der Waals surface area contributed by atoms with Gasteiger partial charge < -0.3 is 9.47 Å². The average Bonchev–Trinajstić information content (AvgIpc) is 2.76. The lowest BCUT2D eigenvalue weighted by Gasteiger charge is -2.13. The van der Waals surface area contributed by atoms with E-state index < -0.39 is 17.9 Å². The molecule has 1 heterocycles. The summed E-state index contributed by atoms with van der Waals surface area (Å²) in [5.74, 6) is -1.47. The van der Waals surface area contributed by atoms with E-state index in [1.54, 1.807) is 0 Å². The molecule has 0 amide bonds. The van der Waals surface area contributed by atoms with Crippen molar-refractivity contribution in [1.82, 2.24) is 0 Å². The van der Waals surface area contributed by atoms with Crippen LogP contribution in [0.25, 0.3) is 0 Å². The number of hydrogen-bond donors (Lipinski definition) is 0. The van der Waals surface area contributed by atoms with E-state index in [2.05, 4.69) is 0 Å². The molecule has 2 rings (SSSR count). The van der Waals surface area contributed by atoms with Crippen LogP contribution in [0.15, 0.2) is 12.1 Å². The van der Waals surface area contributed by atoms with Gasteiger partial charge in [0.15, 0.2) is 6.29 Å². The van der Waals surface area contributed by atoms with Gasteiger partial charge in [0.05, 0.1) is 31.3 Å². The molecule has 1 aliphatic heterocycles. The highest BCUT2D eigenvalue weighted by molar-refractivity contribution is 5.30. The second kappa shape index (κ2) is 4.56. The van der Waals surface area contributed by atoms with Crippen molar-refractivity contribution >= 4 is 0 Å². The summed E-state index contributed by atoms with van der Waals surface area (Å²) in [6.45, 7) is 0.623. The topological polar surface area (TPSA) is 42.2 Å². The van der Waals surface area contributed by atoms with Crippen molar-refractivity contribution in [3.63, 3.8) is 0 Å². The van der Waals surface area contributed by atoms with Crippen LogP contribution < -0.4 is 0 Å². The van der Waals surface area contributed by atoms with Crippen LogP contribution in [0, 0.1) is 23.0 Å². The van der Waals surface area contributed by atoms with Gasteiger partial charge in [0, 0.05) is 5.56 Å².